The number of urea groups is 1. The topological polar surface area (TPSA) is 87.8 Å². The van der Waals surface area contributed by atoms with Crippen molar-refractivity contribution in [2.45, 2.75) is 50.2 Å². The highest BCUT2D eigenvalue weighted by Gasteiger charge is 2.43. The van der Waals surface area contributed by atoms with Crippen LogP contribution in [0, 0.1) is 0 Å². The third-order valence-corrected chi connectivity index (χ3v) is 3.38. The van der Waals surface area contributed by atoms with Gasteiger partial charge in [-0.3, -0.25) is 4.79 Å². The Hall–Kier alpha value is -1.59. The van der Waals surface area contributed by atoms with Gasteiger partial charge in [-0.2, -0.15) is 4.99 Å². The van der Waals surface area contributed by atoms with Crippen molar-refractivity contribution >= 4 is 17.8 Å². The van der Waals surface area contributed by atoms with Crippen LogP contribution in [-0.4, -0.2) is 40.8 Å². The Bertz CT molecular complexity index is 398. The Balaban J connectivity index is 1.64. The molecule has 0 radical (unpaired) electrons. The van der Waals surface area contributed by atoms with Crippen LogP contribution >= 0.6 is 0 Å². The third kappa shape index (κ3) is 2.11. The number of carbonyl (C=O) groups excluding carboxylic acids is 2. The quantitative estimate of drug-likeness (QED) is 0.719. The lowest BCUT2D eigenvalue weighted by Gasteiger charge is -2.23. The molecule has 3 amide bonds. The maximum Gasteiger partial charge on any atom is 0.346 e. The van der Waals surface area contributed by atoms with E-state index in [0.717, 1.165) is 25.7 Å². The Morgan fingerprint density at radius 1 is 1.41 bits per heavy atom. The molecule has 0 saturated heterocycles. The van der Waals surface area contributed by atoms with Gasteiger partial charge >= 0.3 is 6.03 Å². The average Bonchev–Trinajstić information content (AvgIpc) is 3.10. The van der Waals surface area contributed by atoms with Gasteiger partial charge in [0, 0.05) is 12.1 Å². The maximum atomic E-state index is 11.7. The van der Waals surface area contributed by atoms with E-state index in [0.29, 0.717) is 6.04 Å². The number of hydrogen-bond donors (Lipinski definition) is 2. The number of aliphatic imine (C=N–C) groups is 1. The fraction of sp³-hybridized carbons (Fsp3) is 0.727. The van der Waals surface area contributed by atoms with Crippen LogP contribution in [0.1, 0.15) is 32.1 Å². The fourth-order valence-corrected chi connectivity index (χ4v) is 2.17. The minimum Gasteiger partial charge on any atom is -0.385 e. The molecule has 0 aromatic heterocycles. The zero-order valence-electron chi connectivity index (χ0n) is 9.56. The van der Waals surface area contributed by atoms with Gasteiger partial charge in [0.15, 0.2) is 0 Å². The highest BCUT2D eigenvalue weighted by atomic mass is 16.2. The van der Waals surface area contributed by atoms with E-state index in [1.807, 2.05) is 0 Å². The summed E-state index contributed by atoms with van der Waals surface area (Å²) in [6.45, 7) is 0. The molecule has 2 aliphatic carbocycles. The van der Waals surface area contributed by atoms with Gasteiger partial charge in [0.1, 0.15) is 11.9 Å². The van der Waals surface area contributed by atoms with Crippen LogP contribution in [0.15, 0.2) is 4.99 Å². The summed E-state index contributed by atoms with van der Waals surface area (Å²) >= 11 is 0. The number of nitrogens with one attached hydrogen (secondary N) is 1. The smallest absolute Gasteiger partial charge is 0.346 e. The average molecular weight is 236 g/mol. The molecule has 6 heteroatoms. The van der Waals surface area contributed by atoms with Gasteiger partial charge in [-0.1, -0.05) is 0 Å². The van der Waals surface area contributed by atoms with Crippen LogP contribution in [0.3, 0.4) is 0 Å². The Morgan fingerprint density at radius 2 is 2.12 bits per heavy atom. The first kappa shape index (κ1) is 10.6. The van der Waals surface area contributed by atoms with Gasteiger partial charge in [0.05, 0.1) is 6.42 Å². The van der Waals surface area contributed by atoms with Crippen LogP contribution in [0.4, 0.5) is 4.79 Å². The second-order valence-corrected chi connectivity index (χ2v) is 5.02. The zero-order chi connectivity index (χ0) is 12.0. The van der Waals surface area contributed by atoms with E-state index in [9.17, 15) is 9.59 Å². The van der Waals surface area contributed by atoms with Gasteiger partial charge in [-0.25, -0.2) is 4.79 Å². The van der Waals surface area contributed by atoms with Crippen molar-refractivity contribution in [3.8, 4) is 0 Å². The van der Waals surface area contributed by atoms with Crippen LogP contribution in [0.2, 0.25) is 0 Å². The lowest BCUT2D eigenvalue weighted by molar-refractivity contribution is -0.121. The number of amidine groups is 1. The van der Waals surface area contributed by atoms with Crippen LogP contribution in [0.25, 0.3) is 0 Å². The van der Waals surface area contributed by atoms with Gasteiger partial charge in [-0.05, 0) is 25.7 Å². The molecule has 3 N–H and O–H groups in total. The molecule has 1 unspecified atom stereocenters. The zero-order valence-corrected chi connectivity index (χ0v) is 9.56. The molecule has 3 rings (SSSR count). The van der Waals surface area contributed by atoms with Crippen molar-refractivity contribution in [2.24, 2.45) is 10.7 Å². The molecule has 2 fully saturated rings. The molecule has 0 spiro atoms. The standard InChI is InChI=1S/C11H16N4O2/c12-10-8(5-9(16)13-6-1-2-6)15(7-3-4-7)11(17)14-10/h6-8H,1-5H2,(H,13,16)(H2,12,14,17). The molecule has 2 saturated carbocycles. The van der Waals surface area contributed by atoms with Gasteiger partial charge < -0.3 is 16.0 Å². The second-order valence-electron chi connectivity index (χ2n) is 5.02. The number of carbonyl (C=O) groups is 2. The summed E-state index contributed by atoms with van der Waals surface area (Å²) in [5, 5.41) is 2.91. The summed E-state index contributed by atoms with van der Waals surface area (Å²) in [7, 11) is 0. The summed E-state index contributed by atoms with van der Waals surface area (Å²) in [5.74, 6) is 0.254. The molecular formula is C11H16N4O2. The molecule has 1 heterocycles. The predicted molar refractivity (Wildman–Crippen MR) is 61.4 cm³/mol. The number of amides is 3. The summed E-state index contributed by atoms with van der Waals surface area (Å²) in [4.78, 5) is 28.8. The van der Waals surface area contributed by atoms with Crippen molar-refractivity contribution < 1.29 is 9.59 Å². The Labute approximate surface area is 99.2 Å². The first-order chi connectivity index (χ1) is 8.15. The lowest BCUT2D eigenvalue weighted by atomic mass is 10.1. The summed E-state index contributed by atoms with van der Waals surface area (Å²) in [5.41, 5.74) is 5.73. The molecule has 0 aromatic rings. The van der Waals surface area contributed by atoms with E-state index in [2.05, 4.69) is 10.3 Å². The van der Waals surface area contributed by atoms with Crippen molar-refractivity contribution in [1.29, 1.82) is 0 Å². The van der Waals surface area contributed by atoms with E-state index in [-0.39, 0.29) is 36.3 Å². The van der Waals surface area contributed by atoms with E-state index < -0.39 is 0 Å². The highest BCUT2D eigenvalue weighted by Crippen LogP contribution is 2.32. The largest absolute Gasteiger partial charge is 0.385 e. The summed E-state index contributed by atoms with van der Waals surface area (Å²) in [6, 6.07) is -0.0267. The SMILES string of the molecule is NC1=NC(=O)N(C2CC2)C1CC(=O)NC1CC1. The third-order valence-electron chi connectivity index (χ3n) is 3.38. The molecule has 17 heavy (non-hydrogen) atoms. The number of nitrogens with two attached hydrogens (primary N) is 1. The maximum absolute atomic E-state index is 11.7. The van der Waals surface area contributed by atoms with Crippen molar-refractivity contribution in [1.82, 2.24) is 10.2 Å². The molecular weight excluding hydrogens is 220 g/mol. The Morgan fingerprint density at radius 3 is 2.71 bits per heavy atom. The molecule has 3 aliphatic rings. The summed E-state index contributed by atoms with van der Waals surface area (Å²) < 4.78 is 0. The monoisotopic (exact) mass is 236 g/mol. The van der Waals surface area contributed by atoms with Crippen LogP contribution in [0.5, 0.6) is 0 Å². The van der Waals surface area contributed by atoms with Crippen LogP contribution < -0.4 is 11.1 Å². The first-order valence-electron chi connectivity index (χ1n) is 6.11. The van der Waals surface area contributed by atoms with Crippen molar-refractivity contribution in [3.05, 3.63) is 0 Å². The van der Waals surface area contributed by atoms with Gasteiger partial charge in [-0.15, -0.1) is 0 Å². The second kappa shape index (κ2) is 3.72. The fourth-order valence-electron chi connectivity index (χ4n) is 2.17. The molecule has 0 aromatic carbocycles. The number of hydrogen-bond acceptors (Lipinski definition) is 3. The summed E-state index contributed by atoms with van der Waals surface area (Å²) in [6.07, 6.45) is 4.36. The molecule has 1 atom stereocenters. The van der Waals surface area contributed by atoms with E-state index in [1.165, 1.54) is 0 Å². The van der Waals surface area contributed by atoms with E-state index >= 15 is 0 Å². The minimum absolute atomic E-state index is 0.0315. The first-order valence-corrected chi connectivity index (χ1v) is 6.11. The van der Waals surface area contributed by atoms with E-state index in [1.54, 1.807) is 4.90 Å². The normalized spacial score (nSPS) is 28.2. The van der Waals surface area contributed by atoms with Crippen molar-refractivity contribution in [2.75, 3.05) is 0 Å². The molecule has 92 valence electrons. The predicted octanol–water partition coefficient (Wildman–Crippen LogP) is -0.0211. The lowest BCUT2D eigenvalue weighted by Crippen LogP contribution is -2.45. The van der Waals surface area contributed by atoms with Gasteiger partial charge in [0.25, 0.3) is 0 Å². The minimum atomic E-state index is -0.325. The van der Waals surface area contributed by atoms with E-state index in [4.69, 9.17) is 5.73 Å². The van der Waals surface area contributed by atoms with Crippen LogP contribution in [-0.2, 0) is 4.79 Å². The Kier molecular flexibility index (Phi) is 2.31. The molecule has 6 nitrogen and oxygen atoms in total. The molecule has 1 aliphatic heterocycles. The highest BCUT2D eigenvalue weighted by molar-refractivity contribution is 6.04. The van der Waals surface area contributed by atoms with Crippen molar-refractivity contribution in [3.63, 3.8) is 0 Å². The number of nitrogens with zero attached hydrogens (tertiary/aromatic N) is 2. The van der Waals surface area contributed by atoms with Gasteiger partial charge in [0.2, 0.25) is 5.91 Å². The number of rotatable bonds is 4. The molecule has 0 bridgehead atoms.